The molecule has 0 saturated carbocycles. The van der Waals surface area contributed by atoms with E-state index in [1.54, 1.807) is 24.2 Å². The minimum atomic E-state index is 0.838. The summed E-state index contributed by atoms with van der Waals surface area (Å²) in [5.74, 6) is 2.87. The molecule has 2 aromatic heterocycles. The van der Waals surface area contributed by atoms with E-state index in [-0.39, 0.29) is 0 Å². The zero-order chi connectivity index (χ0) is 12.8. The summed E-state index contributed by atoms with van der Waals surface area (Å²) in [6, 6.07) is 0. The zero-order valence-corrected chi connectivity index (χ0v) is 11.7. The van der Waals surface area contributed by atoms with E-state index >= 15 is 0 Å². The van der Waals surface area contributed by atoms with Gasteiger partial charge in [-0.25, -0.2) is 9.97 Å². The highest BCUT2D eigenvalue weighted by Gasteiger charge is 2.04. The van der Waals surface area contributed by atoms with Crippen molar-refractivity contribution in [2.45, 2.75) is 38.1 Å². The van der Waals surface area contributed by atoms with E-state index in [1.807, 2.05) is 23.9 Å². The molecule has 0 aliphatic rings. The molecule has 0 amide bonds. The number of unbranched alkanes of at least 4 members (excludes halogenated alkanes) is 2. The van der Waals surface area contributed by atoms with Crippen LogP contribution in [0.15, 0.2) is 29.8 Å². The fourth-order valence-corrected chi connectivity index (χ4v) is 2.52. The first-order valence-corrected chi connectivity index (χ1v) is 7.25. The third-order valence-corrected chi connectivity index (χ3v) is 3.66. The highest BCUT2D eigenvalue weighted by molar-refractivity contribution is 7.99. The van der Waals surface area contributed by atoms with Gasteiger partial charge in [0.2, 0.25) is 0 Å². The molecule has 0 spiro atoms. The van der Waals surface area contributed by atoms with Gasteiger partial charge in [-0.3, -0.25) is 9.55 Å². The second-order valence-electron chi connectivity index (χ2n) is 4.12. The molecule has 0 bridgehead atoms. The molecule has 2 rings (SSSR count). The van der Waals surface area contributed by atoms with Crippen LogP contribution in [0.2, 0.25) is 0 Å². The second-order valence-corrected chi connectivity index (χ2v) is 5.23. The molecule has 0 atom stereocenters. The molecule has 0 unspecified atom stereocenters. The Hall–Kier alpha value is -1.36. The molecule has 0 aliphatic heterocycles. The Morgan fingerprint density at radius 1 is 1.28 bits per heavy atom. The van der Waals surface area contributed by atoms with Gasteiger partial charge in [0.25, 0.3) is 0 Å². The first-order valence-electron chi connectivity index (χ1n) is 6.26. The summed E-state index contributed by atoms with van der Waals surface area (Å²) in [5, 5.41) is 0.983. The standard InChI is InChI=1S/C13H18N4S/c1-3-4-5-8-18-13-10-14-9-12(16-13)17-7-6-15-11(17)2/h6-7,9-10H,3-5,8H2,1-2H3. The molecule has 0 radical (unpaired) electrons. The number of rotatable bonds is 6. The number of imidazole rings is 1. The maximum atomic E-state index is 4.60. The zero-order valence-electron chi connectivity index (χ0n) is 10.8. The summed E-state index contributed by atoms with van der Waals surface area (Å²) in [6.07, 6.45) is 11.0. The van der Waals surface area contributed by atoms with Crippen LogP contribution in [0.1, 0.15) is 32.0 Å². The highest BCUT2D eigenvalue weighted by Crippen LogP contribution is 2.18. The first-order chi connectivity index (χ1) is 8.81. The predicted octanol–water partition coefficient (Wildman–Crippen LogP) is 3.25. The molecule has 18 heavy (non-hydrogen) atoms. The molecule has 4 nitrogen and oxygen atoms in total. The molecule has 0 N–H and O–H groups in total. The quantitative estimate of drug-likeness (QED) is 0.592. The fourth-order valence-electron chi connectivity index (χ4n) is 1.67. The van der Waals surface area contributed by atoms with Crippen molar-refractivity contribution in [2.75, 3.05) is 5.75 Å². The maximum Gasteiger partial charge on any atom is 0.157 e. The molecule has 96 valence electrons. The molecule has 0 aromatic carbocycles. The van der Waals surface area contributed by atoms with Gasteiger partial charge < -0.3 is 0 Å². The molecule has 0 saturated heterocycles. The van der Waals surface area contributed by atoms with Gasteiger partial charge in [0.1, 0.15) is 10.9 Å². The Kier molecular flexibility index (Phi) is 4.75. The molecule has 0 aliphatic carbocycles. The Balaban J connectivity index is 2.04. The summed E-state index contributed by atoms with van der Waals surface area (Å²) < 4.78 is 1.95. The number of thioether (sulfide) groups is 1. The van der Waals surface area contributed by atoms with E-state index in [2.05, 4.69) is 21.9 Å². The normalized spacial score (nSPS) is 10.8. The Morgan fingerprint density at radius 2 is 2.17 bits per heavy atom. The van der Waals surface area contributed by atoms with Gasteiger partial charge in [0, 0.05) is 12.4 Å². The van der Waals surface area contributed by atoms with Crippen molar-refractivity contribution >= 4 is 11.8 Å². The third-order valence-electron chi connectivity index (χ3n) is 2.67. The van der Waals surface area contributed by atoms with E-state index in [1.165, 1.54) is 19.3 Å². The van der Waals surface area contributed by atoms with Crippen molar-refractivity contribution in [3.05, 3.63) is 30.6 Å². The molecule has 0 fully saturated rings. The van der Waals surface area contributed by atoms with E-state index < -0.39 is 0 Å². The van der Waals surface area contributed by atoms with Crippen LogP contribution in [0.4, 0.5) is 0 Å². The van der Waals surface area contributed by atoms with E-state index in [9.17, 15) is 0 Å². The maximum absolute atomic E-state index is 4.60. The van der Waals surface area contributed by atoms with Crippen LogP contribution < -0.4 is 0 Å². The second kappa shape index (κ2) is 6.54. The van der Waals surface area contributed by atoms with Crippen molar-refractivity contribution in [2.24, 2.45) is 0 Å². The number of aromatic nitrogens is 4. The summed E-state index contributed by atoms with van der Waals surface area (Å²) in [6.45, 7) is 4.18. The molecule has 2 heterocycles. The SMILES string of the molecule is CCCCCSc1cncc(-n2ccnc2C)n1. The fraction of sp³-hybridized carbons (Fsp3) is 0.462. The van der Waals surface area contributed by atoms with Crippen LogP contribution in [0, 0.1) is 6.92 Å². The van der Waals surface area contributed by atoms with Gasteiger partial charge in [-0.15, -0.1) is 11.8 Å². The topological polar surface area (TPSA) is 43.6 Å². The number of hydrogen-bond acceptors (Lipinski definition) is 4. The van der Waals surface area contributed by atoms with E-state index in [0.717, 1.165) is 22.4 Å². The van der Waals surface area contributed by atoms with Gasteiger partial charge in [-0.2, -0.15) is 0 Å². The summed E-state index contributed by atoms with van der Waals surface area (Å²) in [4.78, 5) is 13.0. The van der Waals surface area contributed by atoms with Crippen LogP contribution in [0.3, 0.4) is 0 Å². The lowest BCUT2D eigenvalue weighted by atomic mass is 10.3. The summed E-state index contributed by atoms with van der Waals surface area (Å²) >= 11 is 1.77. The third kappa shape index (κ3) is 3.32. The average molecular weight is 262 g/mol. The minimum absolute atomic E-state index is 0.838. The Labute approximate surface area is 112 Å². The minimum Gasteiger partial charge on any atom is -0.287 e. The average Bonchev–Trinajstić information content (AvgIpc) is 2.81. The van der Waals surface area contributed by atoms with Gasteiger partial charge in [0.15, 0.2) is 5.82 Å². The predicted molar refractivity (Wildman–Crippen MR) is 74.1 cm³/mol. The van der Waals surface area contributed by atoms with Crippen molar-refractivity contribution in [3.63, 3.8) is 0 Å². The number of aryl methyl sites for hydroxylation is 1. The van der Waals surface area contributed by atoms with Crippen LogP contribution in [-0.4, -0.2) is 25.3 Å². The van der Waals surface area contributed by atoms with Gasteiger partial charge in [0.05, 0.1) is 12.4 Å². The molecular weight excluding hydrogens is 244 g/mol. The number of hydrogen-bond donors (Lipinski definition) is 0. The summed E-state index contributed by atoms with van der Waals surface area (Å²) in [5.41, 5.74) is 0. The Bertz CT molecular complexity index is 495. The van der Waals surface area contributed by atoms with Crippen LogP contribution in [-0.2, 0) is 0 Å². The smallest absolute Gasteiger partial charge is 0.157 e. The monoisotopic (exact) mass is 262 g/mol. The van der Waals surface area contributed by atoms with Crippen molar-refractivity contribution in [1.82, 2.24) is 19.5 Å². The van der Waals surface area contributed by atoms with Crippen LogP contribution in [0.25, 0.3) is 5.82 Å². The van der Waals surface area contributed by atoms with Gasteiger partial charge >= 0.3 is 0 Å². The first kappa shape index (κ1) is 13.1. The van der Waals surface area contributed by atoms with Crippen molar-refractivity contribution < 1.29 is 0 Å². The van der Waals surface area contributed by atoms with Crippen LogP contribution in [0.5, 0.6) is 0 Å². The largest absolute Gasteiger partial charge is 0.287 e. The summed E-state index contributed by atoms with van der Waals surface area (Å²) in [7, 11) is 0. The van der Waals surface area contributed by atoms with Gasteiger partial charge in [-0.1, -0.05) is 19.8 Å². The Morgan fingerprint density at radius 3 is 2.89 bits per heavy atom. The molecule has 5 heteroatoms. The van der Waals surface area contributed by atoms with Gasteiger partial charge in [-0.05, 0) is 19.1 Å². The van der Waals surface area contributed by atoms with Crippen molar-refractivity contribution in [1.29, 1.82) is 0 Å². The van der Waals surface area contributed by atoms with Crippen LogP contribution >= 0.6 is 11.8 Å². The lowest BCUT2D eigenvalue weighted by Crippen LogP contribution is -2.00. The lowest BCUT2D eigenvalue weighted by Gasteiger charge is -2.05. The number of nitrogens with zero attached hydrogens (tertiary/aromatic N) is 4. The highest BCUT2D eigenvalue weighted by atomic mass is 32.2. The van der Waals surface area contributed by atoms with E-state index in [0.29, 0.717) is 0 Å². The van der Waals surface area contributed by atoms with E-state index in [4.69, 9.17) is 0 Å². The van der Waals surface area contributed by atoms with Crippen molar-refractivity contribution in [3.8, 4) is 5.82 Å². The lowest BCUT2D eigenvalue weighted by molar-refractivity contribution is 0.777. The molecule has 2 aromatic rings. The molecular formula is C13H18N4S.